The third-order valence-electron chi connectivity index (χ3n) is 2.25. The Morgan fingerprint density at radius 1 is 0.929 bits per heavy atom. The second-order valence-corrected chi connectivity index (χ2v) is 3.23. The molecule has 0 amide bonds. The van der Waals surface area contributed by atoms with Crippen molar-refractivity contribution >= 4 is 0 Å². The minimum atomic E-state index is -4.23. The summed E-state index contributed by atoms with van der Waals surface area (Å²) in [5, 5.41) is 0. The van der Waals surface area contributed by atoms with E-state index in [9.17, 15) is 13.2 Å². The number of rotatable bonds is 0. The van der Waals surface area contributed by atoms with Crippen LogP contribution in [0.5, 0.6) is 0 Å². The zero-order valence-corrected chi connectivity index (χ0v) is 7.79. The molecule has 0 aliphatic carbocycles. The standard InChI is InChI=1S/C10H11F3.CH4/c1-6-4-9(10(11,12)13)5-7(2)8(6)3;/h4-5H,1-3H3;1H4. The molecule has 0 radical (unpaired) electrons. The average molecular weight is 204 g/mol. The van der Waals surface area contributed by atoms with Crippen molar-refractivity contribution < 1.29 is 13.2 Å². The van der Waals surface area contributed by atoms with Crippen molar-refractivity contribution in [3.05, 3.63) is 34.4 Å². The second-order valence-electron chi connectivity index (χ2n) is 3.23. The first-order chi connectivity index (χ1) is 5.82. The monoisotopic (exact) mass is 204 g/mol. The molecule has 3 heteroatoms. The van der Waals surface area contributed by atoms with E-state index in [1.54, 1.807) is 13.8 Å². The largest absolute Gasteiger partial charge is 0.416 e. The molecule has 0 N–H and O–H groups in total. The van der Waals surface area contributed by atoms with E-state index in [-0.39, 0.29) is 7.43 Å². The second kappa shape index (κ2) is 4.03. The van der Waals surface area contributed by atoms with Crippen LogP contribution in [0.3, 0.4) is 0 Å². The first-order valence-corrected chi connectivity index (χ1v) is 3.97. The van der Waals surface area contributed by atoms with E-state index in [1.807, 2.05) is 6.92 Å². The molecule has 0 atom stereocenters. The van der Waals surface area contributed by atoms with Gasteiger partial charge in [0.15, 0.2) is 0 Å². The lowest BCUT2D eigenvalue weighted by Gasteiger charge is -2.11. The predicted octanol–water partition coefficient (Wildman–Crippen LogP) is 4.27. The summed E-state index contributed by atoms with van der Waals surface area (Å²) in [6.07, 6.45) is -4.23. The maximum atomic E-state index is 12.3. The van der Waals surface area contributed by atoms with Crippen LogP contribution in [0.25, 0.3) is 0 Å². The first kappa shape index (κ1) is 13.0. The summed E-state index contributed by atoms with van der Waals surface area (Å²) in [5.74, 6) is 0. The van der Waals surface area contributed by atoms with E-state index in [1.165, 1.54) is 12.1 Å². The van der Waals surface area contributed by atoms with Gasteiger partial charge in [-0.1, -0.05) is 7.43 Å². The maximum absolute atomic E-state index is 12.3. The van der Waals surface area contributed by atoms with Crippen molar-refractivity contribution in [1.29, 1.82) is 0 Å². The Morgan fingerprint density at radius 3 is 1.57 bits per heavy atom. The fourth-order valence-electron chi connectivity index (χ4n) is 1.20. The molecule has 80 valence electrons. The Bertz CT molecular complexity index is 301. The summed E-state index contributed by atoms with van der Waals surface area (Å²) < 4.78 is 36.8. The summed E-state index contributed by atoms with van der Waals surface area (Å²) in [4.78, 5) is 0. The van der Waals surface area contributed by atoms with Crippen LogP contribution >= 0.6 is 0 Å². The molecule has 0 unspecified atom stereocenters. The van der Waals surface area contributed by atoms with Crippen molar-refractivity contribution in [3.63, 3.8) is 0 Å². The van der Waals surface area contributed by atoms with Crippen LogP contribution in [-0.4, -0.2) is 0 Å². The maximum Gasteiger partial charge on any atom is 0.416 e. The quantitative estimate of drug-likeness (QED) is 0.592. The van der Waals surface area contributed by atoms with Crippen molar-refractivity contribution in [2.45, 2.75) is 34.4 Å². The summed E-state index contributed by atoms with van der Waals surface area (Å²) >= 11 is 0. The van der Waals surface area contributed by atoms with Gasteiger partial charge in [-0.2, -0.15) is 13.2 Å². The van der Waals surface area contributed by atoms with Crippen molar-refractivity contribution in [2.75, 3.05) is 0 Å². The van der Waals surface area contributed by atoms with E-state index in [0.717, 1.165) is 5.56 Å². The van der Waals surface area contributed by atoms with Gasteiger partial charge in [0, 0.05) is 0 Å². The molecule has 0 heterocycles. The van der Waals surface area contributed by atoms with Gasteiger partial charge in [0.05, 0.1) is 5.56 Å². The minimum Gasteiger partial charge on any atom is -0.166 e. The third-order valence-corrected chi connectivity index (χ3v) is 2.25. The average Bonchev–Trinajstić information content (AvgIpc) is 1.97. The third kappa shape index (κ3) is 2.50. The topological polar surface area (TPSA) is 0 Å². The van der Waals surface area contributed by atoms with Crippen LogP contribution in [0.15, 0.2) is 12.1 Å². The highest BCUT2D eigenvalue weighted by Crippen LogP contribution is 2.31. The van der Waals surface area contributed by atoms with Gasteiger partial charge in [-0.05, 0) is 49.6 Å². The Balaban J connectivity index is 0.00000169. The molecule has 1 aromatic carbocycles. The minimum absolute atomic E-state index is 0. The Morgan fingerprint density at radius 2 is 1.29 bits per heavy atom. The number of benzene rings is 1. The Kier molecular flexibility index (Phi) is 3.74. The van der Waals surface area contributed by atoms with Crippen LogP contribution < -0.4 is 0 Å². The molecule has 0 spiro atoms. The van der Waals surface area contributed by atoms with Crippen LogP contribution in [0.1, 0.15) is 29.7 Å². The number of hydrogen-bond acceptors (Lipinski definition) is 0. The fraction of sp³-hybridized carbons (Fsp3) is 0.455. The van der Waals surface area contributed by atoms with E-state index < -0.39 is 11.7 Å². The number of hydrogen-bond donors (Lipinski definition) is 0. The molecule has 1 rings (SSSR count). The van der Waals surface area contributed by atoms with Gasteiger partial charge in [-0.25, -0.2) is 0 Å². The van der Waals surface area contributed by atoms with Gasteiger partial charge in [-0.15, -0.1) is 0 Å². The molecule has 1 aromatic rings. The molecule has 14 heavy (non-hydrogen) atoms. The Labute approximate surface area is 82.8 Å². The van der Waals surface area contributed by atoms with Crippen LogP contribution in [0.2, 0.25) is 0 Å². The van der Waals surface area contributed by atoms with Crippen LogP contribution in [-0.2, 0) is 6.18 Å². The molecule has 0 aliphatic rings. The highest BCUT2D eigenvalue weighted by Gasteiger charge is 2.30. The lowest BCUT2D eigenvalue weighted by molar-refractivity contribution is -0.137. The predicted molar refractivity (Wildman–Crippen MR) is 52.4 cm³/mol. The highest BCUT2D eigenvalue weighted by molar-refractivity contribution is 5.37. The zero-order chi connectivity index (χ0) is 10.2. The van der Waals surface area contributed by atoms with Crippen molar-refractivity contribution in [1.82, 2.24) is 0 Å². The summed E-state index contributed by atoms with van der Waals surface area (Å²) in [5.41, 5.74) is 1.74. The molecule has 0 saturated carbocycles. The SMILES string of the molecule is C.Cc1cc(C(F)(F)F)cc(C)c1C. The molecule has 0 aromatic heterocycles. The molecular formula is C11H15F3. The molecule has 0 nitrogen and oxygen atoms in total. The molecule has 0 aliphatic heterocycles. The van der Waals surface area contributed by atoms with Gasteiger partial charge >= 0.3 is 6.18 Å². The van der Waals surface area contributed by atoms with E-state index in [2.05, 4.69) is 0 Å². The van der Waals surface area contributed by atoms with Gasteiger partial charge < -0.3 is 0 Å². The molecule has 0 fully saturated rings. The van der Waals surface area contributed by atoms with Gasteiger partial charge in [0.25, 0.3) is 0 Å². The summed E-state index contributed by atoms with van der Waals surface area (Å²) in [7, 11) is 0. The lowest BCUT2D eigenvalue weighted by atomic mass is 10.0. The van der Waals surface area contributed by atoms with E-state index >= 15 is 0 Å². The summed E-state index contributed by atoms with van der Waals surface area (Å²) in [6, 6.07) is 2.37. The molecular weight excluding hydrogens is 189 g/mol. The smallest absolute Gasteiger partial charge is 0.166 e. The highest BCUT2D eigenvalue weighted by atomic mass is 19.4. The zero-order valence-electron chi connectivity index (χ0n) is 7.79. The van der Waals surface area contributed by atoms with E-state index in [4.69, 9.17) is 0 Å². The lowest BCUT2D eigenvalue weighted by Crippen LogP contribution is -2.06. The van der Waals surface area contributed by atoms with Crippen LogP contribution in [0.4, 0.5) is 13.2 Å². The Hall–Kier alpha value is -0.990. The number of alkyl halides is 3. The van der Waals surface area contributed by atoms with Crippen LogP contribution in [0, 0.1) is 20.8 Å². The van der Waals surface area contributed by atoms with Gasteiger partial charge in [0.1, 0.15) is 0 Å². The molecule has 0 saturated heterocycles. The molecule has 0 bridgehead atoms. The van der Waals surface area contributed by atoms with Gasteiger partial charge in [-0.3, -0.25) is 0 Å². The normalized spacial score (nSPS) is 11.0. The van der Waals surface area contributed by atoms with Crippen molar-refractivity contribution in [2.24, 2.45) is 0 Å². The van der Waals surface area contributed by atoms with Gasteiger partial charge in [0.2, 0.25) is 0 Å². The number of halogens is 3. The van der Waals surface area contributed by atoms with Crippen molar-refractivity contribution in [3.8, 4) is 0 Å². The summed E-state index contributed by atoms with van der Waals surface area (Å²) in [6.45, 7) is 5.21. The first-order valence-electron chi connectivity index (χ1n) is 3.97. The number of aryl methyl sites for hydroxylation is 2. The fourth-order valence-corrected chi connectivity index (χ4v) is 1.20. The van der Waals surface area contributed by atoms with E-state index in [0.29, 0.717) is 11.1 Å².